The second-order valence-electron chi connectivity index (χ2n) is 4.60. The maximum atomic E-state index is 12.0. The molecule has 1 aromatic rings. The minimum Gasteiger partial charge on any atom is -0.390 e. The number of pyridine rings is 1. The number of aliphatic hydroxyl groups excluding tert-OH is 1. The van der Waals surface area contributed by atoms with Crippen LogP contribution >= 0.6 is 0 Å². The molecule has 0 unspecified atom stereocenters. The quantitative estimate of drug-likeness (QED) is 0.655. The number of hydrogen-bond acceptors (Lipinski definition) is 5. The van der Waals surface area contributed by atoms with E-state index in [-0.39, 0.29) is 11.9 Å². The fourth-order valence-corrected chi connectivity index (χ4v) is 1.88. The van der Waals surface area contributed by atoms with Gasteiger partial charge in [-0.15, -0.1) is 0 Å². The molecular formula is C12H18N4O2. The van der Waals surface area contributed by atoms with Crippen molar-refractivity contribution in [1.29, 1.82) is 0 Å². The molecule has 0 bridgehead atoms. The maximum absolute atomic E-state index is 12.0. The normalized spacial score (nSPS) is 22.8. The van der Waals surface area contributed by atoms with Crippen LogP contribution in [0.4, 0.5) is 5.69 Å². The molecular weight excluding hydrogens is 232 g/mol. The van der Waals surface area contributed by atoms with E-state index < -0.39 is 6.10 Å². The van der Waals surface area contributed by atoms with Crippen LogP contribution in [-0.2, 0) is 0 Å². The number of amides is 1. The third kappa shape index (κ3) is 2.77. The number of carbonyl (C=O) groups excluding carboxylic acids is 1. The van der Waals surface area contributed by atoms with Crippen LogP contribution in [0.25, 0.3) is 0 Å². The van der Waals surface area contributed by atoms with Gasteiger partial charge in [0.15, 0.2) is 0 Å². The van der Waals surface area contributed by atoms with Gasteiger partial charge in [-0.25, -0.2) is 0 Å². The average Bonchev–Trinajstić information content (AvgIpc) is 2.75. The molecule has 1 aliphatic heterocycles. The molecule has 1 aromatic heterocycles. The van der Waals surface area contributed by atoms with E-state index in [1.807, 2.05) is 25.1 Å². The molecule has 18 heavy (non-hydrogen) atoms. The van der Waals surface area contributed by atoms with E-state index >= 15 is 0 Å². The minimum atomic E-state index is -0.536. The zero-order valence-corrected chi connectivity index (χ0v) is 10.6. The van der Waals surface area contributed by atoms with Gasteiger partial charge in [0.05, 0.1) is 12.1 Å². The average molecular weight is 250 g/mol. The van der Waals surface area contributed by atoms with Crippen LogP contribution in [0.15, 0.2) is 18.3 Å². The summed E-state index contributed by atoms with van der Waals surface area (Å²) in [6.45, 7) is 1.09. The molecule has 2 rings (SSSR count). The number of anilines is 1. The summed E-state index contributed by atoms with van der Waals surface area (Å²) >= 11 is 0. The lowest BCUT2D eigenvalue weighted by atomic mass is 10.2. The third-order valence-electron chi connectivity index (χ3n) is 2.99. The Morgan fingerprint density at radius 1 is 1.56 bits per heavy atom. The molecule has 0 aliphatic carbocycles. The summed E-state index contributed by atoms with van der Waals surface area (Å²) in [4.78, 5) is 17.9. The molecule has 1 saturated heterocycles. The van der Waals surface area contributed by atoms with E-state index in [1.165, 1.54) is 0 Å². The Morgan fingerprint density at radius 2 is 2.33 bits per heavy atom. The van der Waals surface area contributed by atoms with Crippen molar-refractivity contribution in [2.24, 2.45) is 0 Å². The Hall–Kier alpha value is -1.66. The number of hydrogen-bond donors (Lipinski definition) is 3. The van der Waals surface area contributed by atoms with Crippen LogP contribution in [0.5, 0.6) is 0 Å². The van der Waals surface area contributed by atoms with Gasteiger partial charge < -0.3 is 20.6 Å². The van der Waals surface area contributed by atoms with Gasteiger partial charge in [-0.2, -0.15) is 0 Å². The monoisotopic (exact) mass is 250 g/mol. The Balaban J connectivity index is 2.06. The number of nitrogens with one attached hydrogen (secondary N) is 2. The second-order valence-corrected chi connectivity index (χ2v) is 4.60. The Labute approximate surface area is 106 Å². The minimum absolute atomic E-state index is 0.248. The highest BCUT2D eigenvalue weighted by molar-refractivity contribution is 5.93. The van der Waals surface area contributed by atoms with Crippen molar-refractivity contribution in [3.63, 3.8) is 0 Å². The molecule has 0 radical (unpaired) electrons. The van der Waals surface area contributed by atoms with Gasteiger partial charge in [0.1, 0.15) is 5.69 Å². The Morgan fingerprint density at radius 3 is 2.94 bits per heavy atom. The zero-order valence-electron chi connectivity index (χ0n) is 10.6. The van der Waals surface area contributed by atoms with Crippen LogP contribution in [0.2, 0.25) is 0 Å². The Bertz CT molecular complexity index is 436. The van der Waals surface area contributed by atoms with Crippen molar-refractivity contribution < 1.29 is 9.90 Å². The number of aliphatic hydroxyl groups is 1. The van der Waals surface area contributed by atoms with Gasteiger partial charge in [-0.3, -0.25) is 9.78 Å². The summed E-state index contributed by atoms with van der Waals surface area (Å²) < 4.78 is 0. The van der Waals surface area contributed by atoms with Crippen molar-refractivity contribution in [2.45, 2.75) is 12.1 Å². The van der Waals surface area contributed by atoms with Crippen LogP contribution in [0.1, 0.15) is 10.5 Å². The molecule has 2 atom stereocenters. The number of rotatable bonds is 3. The number of nitrogens with zero attached hydrogens (tertiary/aromatic N) is 2. The van der Waals surface area contributed by atoms with Gasteiger partial charge in [-0.1, -0.05) is 0 Å². The van der Waals surface area contributed by atoms with E-state index in [4.69, 9.17) is 0 Å². The van der Waals surface area contributed by atoms with Gasteiger partial charge >= 0.3 is 0 Å². The smallest absolute Gasteiger partial charge is 0.270 e. The van der Waals surface area contributed by atoms with E-state index in [0.717, 1.165) is 5.69 Å². The van der Waals surface area contributed by atoms with Crippen LogP contribution < -0.4 is 15.5 Å². The van der Waals surface area contributed by atoms with Crippen LogP contribution in [0.3, 0.4) is 0 Å². The number of β-amino-alcohol motifs (C(OH)–C–C–N with tert-alkyl or cyclic N) is 1. The summed E-state index contributed by atoms with van der Waals surface area (Å²) in [5.74, 6) is -0.258. The van der Waals surface area contributed by atoms with Crippen LogP contribution in [0, 0.1) is 0 Å². The molecule has 0 saturated carbocycles. The standard InChI is InChI=1S/C12H18N4O2/c1-16(2)8-3-4-14-9(5-8)12(18)15-10-6-13-7-11(10)17/h3-5,10-11,13,17H,6-7H2,1-2H3,(H,15,18)/t10-,11+/m1/s1. The molecule has 6 heteroatoms. The molecule has 3 N–H and O–H groups in total. The first-order valence-electron chi connectivity index (χ1n) is 5.91. The first-order valence-corrected chi connectivity index (χ1v) is 5.91. The summed E-state index contributed by atoms with van der Waals surface area (Å²) in [6.07, 6.45) is 1.07. The van der Waals surface area contributed by atoms with Crippen molar-refractivity contribution >= 4 is 11.6 Å². The molecule has 0 aromatic carbocycles. The molecule has 1 fully saturated rings. The summed E-state index contributed by atoms with van der Waals surface area (Å²) in [6, 6.07) is 3.31. The van der Waals surface area contributed by atoms with Crippen molar-refractivity contribution in [2.75, 3.05) is 32.1 Å². The van der Waals surface area contributed by atoms with E-state index in [9.17, 15) is 9.90 Å². The summed E-state index contributed by atoms with van der Waals surface area (Å²) in [7, 11) is 3.81. The van der Waals surface area contributed by atoms with E-state index in [2.05, 4.69) is 15.6 Å². The second kappa shape index (κ2) is 5.32. The topological polar surface area (TPSA) is 77.5 Å². The van der Waals surface area contributed by atoms with E-state index in [0.29, 0.717) is 18.8 Å². The van der Waals surface area contributed by atoms with Gasteiger partial charge in [0, 0.05) is 39.1 Å². The fraction of sp³-hybridized carbons (Fsp3) is 0.500. The highest BCUT2D eigenvalue weighted by Gasteiger charge is 2.26. The van der Waals surface area contributed by atoms with E-state index in [1.54, 1.807) is 12.3 Å². The maximum Gasteiger partial charge on any atom is 0.270 e. The lowest BCUT2D eigenvalue weighted by molar-refractivity contribution is 0.0884. The summed E-state index contributed by atoms with van der Waals surface area (Å²) in [5, 5.41) is 15.4. The van der Waals surface area contributed by atoms with Crippen molar-refractivity contribution in [3.8, 4) is 0 Å². The molecule has 6 nitrogen and oxygen atoms in total. The van der Waals surface area contributed by atoms with Gasteiger partial charge in [0.25, 0.3) is 5.91 Å². The third-order valence-corrected chi connectivity index (χ3v) is 2.99. The Kier molecular flexibility index (Phi) is 3.78. The van der Waals surface area contributed by atoms with Crippen LogP contribution in [-0.4, -0.2) is 55.3 Å². The molecule has 98 valence electrons. The fourth-order valence-electron chi connectivity index (χ4n) is 1.88. The molecule has 2 heterocycles. The first kappa shape index (κ1) is 12.8. The van der Waals surface area contributed by atoms with Gasteiger partial charge in [0.2, 0.25) is 0 Å². The predicted octanol–water partition coefficient (Wildman–Crippen LogP) is -0.790. The first-order chi connectivity index (χ1) is 8.58. The van der Waals surface area contributed by atoms with Gasteiger partial charge in [-0.05, 0) is 12.1 Å². The lowest BCUT2D eigenvalue weighted by Crippen LogP contribution is -2.43. The molecule has 0 spiro atoms. The highest BCUT2D eigenvalue weighted by Crippen LogP contribution is 2.11. The lowest BCUT2D eigenvalue weighted by Gasteiger charge is -2.16. The molecule has 1 amide bonds. The van der Waals surface area contributed by atoms with Crippen molar-refractivity contribution in [3.05, 3.63) is 24.0 Å². The number of carbonyl (C=O) groups is 1. The number of aromatic nitrogens is 1. The zero-order chi connectivity index (χ0) is 13.1. The summed E-state index contributed by atoms with van der Waals surface area (Å²) in [5.41, 5.74) is 1.28. The SMILES string of the molecule is CN(C)c1ccnc(C(=O)N[C@@H]2CNC[C@@H]2O)c1. The molecule has 1 aliphatic rings. The largest absolute Gasteiger partial charge is 0.390 e. The van der Waals surface area contributed by atoms with Crippen molar-refractivity contribution in [1.82, 2.24) is 15.6 Å². The predicted molar refractivity (Wildman–Crippen MR) is 68.7 cm³/mol. The highest BCUT2D eigenvalue weighted by atomic mass is 16.3.